The first kappa shape index (κ1) is 10.9. The summed E-state index contributed by atoms with van der Waals surface area (Å²) < 4.78 is 0. The van der Waals surface area contributed by atoms with Gasteiger partial charge in [0.15, 0.2) is 0 Å². The highest BCUT2D eigenvalue weighted by molar-refractivity contribution is 5.64. The first-order valence-corrected chi connectivity index (χ1v) is 4.78. The molecule has 1 aliphatic heterocycles. The van der Waals surface area contributed by atoms with Crippen molar-refractivity contribution in [3.63, 3.8) is 0 Å². The molecule has 1 fully saturated rings. The van der Waals surface area contributed by atoms with Gasteiger partial charge in [0.05, 0.1) is 0 Å². The van der Waals surface area contributed by atoms with Gasteiger partial charge in [-0.05, 0) is 18.8 Å². The second kappa shape index (κ2) is 5.51. The molecule has 78 valence electrons. The summed E-state index contributed by atoms with van der Waals surface area (Å²) in [5.74, 6) is 5.98. The van der Waals surface area contributed by atoms with E-state index < -0.39 is 6.09 Å². The van der Waals surface area contributed by atoms with Crippen molar-refractivity contribution in [2.45, 2.75) is 19.3 Å². The zero-order valence-corrected chi connectivity index (χ0v) is 8.07. The van der Waals surface area contributed by atoms with Crippen molar-refractivity contribution < 1.29 is 15.0 Å². The molecule has 0 aliphatic carbocycles. The van der Waals surface area contributed by atoms with Crippen molar-refractivity contribution in [2.75, 3.05) is 19.7 Å². The lowest BCUT2D eigenvalue weighted by Gasteiger charge is -2.28. The van der Waals surface area contributed by atoms with Crippen LogP contribution in [0.4, 0.5) is 4.79 Å². The van der Waals surface area contributed by atoms with Crippen LogP contribution in [0.5, 0.6) is 0 Å². The average molecular weight is 197 g/mol. The number of nitrogens with zero attached hydrogens (tertiary/aromatic N) is 1. The molecule has 1 amide bonds. The molecule has 0 aromatic rings. The van der Waals surface area contributed by atoms with Crippen LogP contribution in [0.3, 0.4) is 0 Å². The highest BCUT2D eigenvalue weighted by Crippen LogP contribution is 2.19. The summed E-state index contributed by atoms with van der Waals surface area (Å²) in [6.45, 7) is 1.13. The molecule has 0 aromatic carbocycles. The monoisotopic (exact) mass is 197 g/mol. The van der Waals surface area contributed by atoms with Gasteiger partial charge in [-0.1, -0.05) is 5.92 Å². The molecule has 1 aliphatic rings. The van der Waals surface area contributed by atoms with Gasteiger partial charge in [0.2, 0.25) is 0 Å². The quantitative estimate of drug-likeness (QED) is 0.610. The third-order valence-corrected chi connectivity index (χ3v) is 2.48. The zero-order valence-electron chi connectivity index (χ0n) is 8.07. The van der Waals surface area contributed by atoms with Crippen LogP contribution in [0.2, 0.25) is 0 Å². The van der Waals surface area contributed by atoms with Crippen LogP contribution in [0.15, 0.2) is 0 Å². The molecule has 2 N–H and O–H groups in total. The molecule has 0 aromatic heterocycles. The van der Waals surface area contributed by atoms with E-state index in [1.165, 1.54) is 4.90 Å². The van der Waals surface area contributed by atoms with Gasteiger partial charge in [0.25, 0.3) is 0 Å². The Balaban J connectivity index is 2.25. The molecule has 0 bridgehead atoms. The number of carbonyl (C=O) groups is 1. The predicted octanol–water partition coefficient (Wildman–Crippen LogP) is 0.762. The highest BCUT2D eigenvalue weighted by Gasteiger charge is 2.21. The summed E-state index contributed by atoms with van der Waals surface area (Å²) in [5.41, 5.74) is 0. The molecule has 0 spiro atoms. The fraction of sp³-hybridized carbons (Fsp3) is 0.700. The van der Waals surface area contributed by atoms with Gasteiger partial charge in [-0.15, -0.1) is 5.92 Å². The van der Waals surface area contributed by atoms with Crippen molar-refractivity contribution in [1.29, 1.82) is 0 Å². The van der Waals surface area contributed by atoms with Crippen LogP contribution in [-0.4, -0.2) is 40.9 Å². The SMILES string of the molecule is O=C(O)N1CCC(CC#CCO)CC1. The van der Waals surface area contributed by atoms with E-state index in [0.29, 0.717) is 19.0 Å². The number of piperidine rings is 1. The summed E-state index contributed by atoms with van der Waals surface area (Å²) >= 11 is 0. The topological polar surface area (TPSA) is 60.8 Å². The Morgan fingerprint density at radius 2 is 2.00 bits per heavy atom. The van der Waals surface area contributed by atoms with Crippen LogP contribution in [0, 0.1) is 17.8 Å². The predicted molar refractivity (Wildman–Crippen MR) is 51.8 cm³/mol. The normalized spacial score (nSPS) is 17.4. The maximum absolute atomic E-state index is 10.6. The minimum atomic E-state index is -0.829. The van der Waals surface area contributed by atoms with Crippen molar-refractivity contribution in [3.8, 4) is 11.8 Å². The van der Waals surface area contributed by atoms with Gasteiger partial charge in [0, 0.05) is 19.5 Å². The number of aliphatic hydroxyl groups excluding tert-OH is 1. The zero-order chi connectivity index (χ0) is 10.4. The van der Waals surface area contributed by atoms with Gasteiger partial charge >= 0.3 is 6.09 Å². The lowest BCUT2D eigenvalue weighted by molar-refractivity contribution is 0.125. The van der Waals surface area contributed by atoms with Gasteiger partial charge in [-0.2, -0.15) is 0 Å². The summed E-state index contributed by atoms with van der Waals surface area (Å²) in [5, 5.41) is 17.2. The van der Waals surface area contributed by atoms with Gasteiger partial charge in [-0.3, -0.25) is 0 Å². The molecule has 0 atom stereocenters. The van der Waals surface area contributed by atoms with Gasteiger partial charge < -0.3 is 15.1 Å². The highest BCUT2D eigenvalue weighted by atomic mass is 16.4. The number of rotatable bonds is 1. The molecule has 1 saturated heterocycles. The first-order chi connectivity index (χ1) is 6.74. The van der Waals surface area contributed by atoms with Crippen molar-refractivity contribution in [2.24, 2.45) is 5.92 Å². The average Bonchev–Trinajstić information content (AvgIpc) is 2.19. The van der Waals surface area contributed by atoms with Crippen molar-refractivity contribution >= 4 is 6.09 Å². The molecular weight excluding hydrogens is 182 g/mol. The Kier molecular flexibility index (Phi) is 4.27. The van der Waals surface area contributed by atoms with Crippen molar-refractivity contribution in [1.82, 2.24) is 4.90 Å². The number of hydrogen-bond acceptors (Lipinski definition) is 2. The van der Waals surface area contributed by atoms with E-state index in [0.717, 1.165) is 19.3 Å². The van der Waals surface area contributed by atoms with E-state index in [2.05, 4.69) is 11.8 Å². The Labute approximate surface area is 83.5 Å². The molecular formula is C10H15NO3. The number of carboxylic acid groups (broad SMARTS) is 1. The Bertz CT molecular complexity index is 246. The Hall–Kier alpha value is -1.21. The molecule has 4 heteroatoms. The van der Waals surface area contributed by atoms with Crippen LogP contribution in [0.25, 0.3) is 0 Å². The second-order valence-electron chi connectivity index (χ2n) is 3.43. The molecule has 0 saturated carbocycles. The smallest absolute Gasteiger partial charge is 0.407 e. The third-order valence-electron chi connectivity index (χ3n) is 2.48. The second-order valence-corrected chi connectivity index (χ2v) is 3.43. The maximum atomic E-state index is 10.6. The van der Waals surface area contributed by atoms with E-state index >= 15 is 0 Å². The molecule has 1 rings (SSSR count). The van der Waals surface area contributed by atoms with Crippen LogP contribution in [-0.2, 0) is 0 Å². The summed E-state index contributed by atoms with van der Waals surface area (Å²) in [4.78, 5) is 12.0. The lowest BCUT2D eigenvalue weighted by Crippen LogP contribution is -2.37. The minimum Gasteiger partial charge on any atom is -0.465 e. The summed E-state index contributed by atoms with van der Waals surface area (Å²) in [7, 11) is 0. The first-order valence-electron chi connectivity index (χ1n) is 4.78. The Morgan fingerprint density at radius 3 is 2.50 bits per heavy atom. The molecule has 0 unspecified atom stereocenters. The van der Waals surface area contributed by atoms with E-state index in [9.17, 15) is 4.79 Å². The summed E-state index contributed by atoms with van der Waals surface area (Å²) in [6, 6.07) is 0. The Morgan fingerprint density at radius 1 is 1.36 bits per heavy atom. The van der Waals surface area contributed by atoms with Crippen LogP contribution < -0.4 is 0 Å². The molecule has 4 nitrogen and oxygen atoms in total. The number of likely N-dealkylation sites (tertiary alicyclic amines) is 1. The molecule has 1 heterocycles. The van der Waals surface area contributed by atoms with Crippen molar-refractivity contribution in [3.05, 3.63) is 0 Å². The number of hydrogen-bond donors (Lipinski definition) is 2. The van der Waals surface area contributed by atoms with E-state index in [4.69, 9.17) is 10.2 Å². The van der Waals surface area contributed by atoms with E-state index in [1.807, 2.05) is 0 Å². The maximum Gasteiger partial charge on any atom is 0.407 e. The summed E-state index contributed by atoms with van der Waals surface area (Å²) in [6.07, 6.45) is 1.71. The van der Waals surface area contributed by atoms with E-state index in [-0.39, 0.29) is 6.61 Å². The van der Waals surface area contributed by atoms with E-state index in [1.54, 1.807) is 0 Å². The fourth-order valence-corrected chi connectivity index (χ4v) is 1.60. The standard InChI is InChI=1S/C10H15NO3/c12-8-2-1-3-9-4-6-11(7-5-9)10(13)14/h9,12H,3-8H2,(H,13,14). The van der Waals surface area contributed by atoms with Crippen LogP contribution in [0.1, 0.15) is 19.3 Å². The largest absolute Gasteiger partial charge is 0.465 e. The third kappa shape index (κ3) is 3.27. The van der Waals surface area contributed by atoms with Gasteiger partial charge in [0.1, 0.15) is 6.61 Å². The fourth-order valence-electron chi connectivity index (χ4n) is 1.60. The molecule has 0 radical (unpaired) electrons. The number of aliphatic hydroxyl groups is 1. The van der Waals surface area contributed by atoms with Crippen LogP contribution >= 0.6 is 0 Å². The lowest BCUT2D eigenvalue weighted by atomic mass is 9.94. The molecule has 14 heavy (non-hydrogen) atoms. The minimum absolute atomic E-state index is 0.0893. The van der Waals surface area contributed by atoms with Gasteiger partial charge in [-0.25, -0.2) is 4.79 Å². The number of amides is 1.